The van der Waals surface area contributed by atoms with Gasteiger partial charge in [0.2, 0.25) is 0 Å². The first kappa shape index (κ1) is 51.6. The maximum absolute atomic E-state index is 12.6. The molecule has 0 spiro atoms. The minimum Gasteiger partial charge on any atom is -0.462 e. The van der Waals surface area contributed by atoms with Crippen LogP contribution in [-0.4, -0.2) is 88.1 Å². The Morgan fingerprint density at radius 2 is 1.17 bits per heavy atom. The molecule has 12 nitrogen and oxygen atoms in total. The van der Waals surface area contributed by atoms with Crippen molar-refractivity contribution in [2.45, 2.75) is 199 Å². The Hall–Kier alpha value is -1.37. The van der Waals surface area contributed by atoms with Gasteiger partial charge in [0, 0.05) is 12.8 Å². The predicted octanol–water partition coefficient (Wildman–Crippen LogP) is 8.24. The lowest BCUT2D eigenvalue weighted by Gasteiger charge is -2.20. The summed E-state index contributed by atoms with van der Waals surface area (Å²) in [7, 11) is -4.65. The first-order chi connectivity index (χ1) is 25.4. The van der Waals surface area contributed by atoms with Crippen LogP contribution in [0.5, 0.6) is 0 Å². The summed E-state index contributed by atoms with van der Waals surface area (Å²) in [5.41, 5.74) is 0. The SMILES string of the molecule is CCCCC/C=C\C[C@@H](O)[C@H](O)CCCCCCCC(=O)OC[C@H](COP(=O)(O)OC[C@@H](O)CO)OC(=O)CCCCCCCCCCCCC(C)C. The molecule has 0 aromatic carbocycles. The summed E-state index contributed by atoms with van der Waals surface area (Å²) in [6.07, 6.45) is 22.1. The van der Waals surface area contributed by atoms with Gasteiger partial charge in [-0.3, -0.25) is 18.6 Å². The molecule has 53 heavy (non-hydrogen) atoms. The average Bonchev–Trinajstić information content (AvgIpc) is 3.12. The number of aliphatic hydroxyl groups excluding tert-OH is 4. The van der Waals surface area contributed by atoms with Crippen LogP contribution in [0, 0.1) is 5.92 Å². The molecule has 5 N–H and O–H groups in total. The molecule has 0 bridgehead atoms. The number of rotatable bonds is 38. The largest absolute Gasteiger partial charge is 0.472 e. The average molecular weight is 781 g/mol. The third-order valence-corrected chi connectivity index (χ3v) is 10.00. The van der Waals surface area contributed by atoms with Crippen molar-refractivity contribution in [3.05, 3.63) is 12.2 Å². The molecule has 0 aromatic heterocycles. The zero-order valence-corrected chi connectivity index (χ0v) is 34.3. The van der Waals surface area contributed by atoms with Crippen LogP contribution < -0.4 is 0 Å². The molecule has 0 aliphatic heterocycles. The second kappa shape index (κ2) is 35.1. The number of hydrogen-bond acceptors (Lipinski definition) is 11. The van der Waals surface area contributed by atoms with Crippen LogP contribution in [0.4, 0.5) is 0 Å². The minimum atomic E-state index is -4.65. The number of carbonyl (C=O) groups is 2. The van der Waals surface area contributed by atoms with E-state index in [1.165, 1.54) is 57.8 Å². The smallest absolute Gasteiger partial charge is 0.462 e. The van der Waals surface area contributed by atoms with E-state index in [1.54, 1.807) is 0 Å². The fourth-order valence-electron chi connectivity index (χ4n) is 5.67. The van der Waals surface area contributed by atoms with E-state index in [4.69, 9.17) is 19.1 Å². The number of aliphatic hydroxyl groups is 4. The van der Waals surface area contributed by atoms with Crippen LogP contribution >= 0.6 is 7.82 Å². The Morgan fingerprint density at radius 1 is 0.642 bits per heavy atom. The van der Waals surface area contributed by atoms with Crippen molar-refractivity contribution in [3.63, 3.8) is 0 Å². The fourth-order valence-corrected chi connectivity index (χ4v) is 6.46. The Kier molecular flexibility index (Phi) is 34.2. The summed E-state index contributed by atoms with van der Waals surface area (Å²) in [5.74, 6) is -0.258. The quantitative estimate of drug-likeness (QED) is 0.0175. The van der Waals surface area contributed by atoms with E-state index >= 15 is 0 Å². The van der Waals surface area contributed by atoms with E-state index in [1.807, 2.05) is 6.08 Å². The lowest BCUT2D eigenvalue weighted by Crippen LogP contribution is -2.29. The summed E-state index contributed by atoms with van der Waals surface area (Å²) in [4.78, 5) is 34.9. The van der Waals surface area contributed by atoms with Gasteiger partial charge >= 0.3 is 19.8 Å². The van der Waals surface area contributed by atoms with E-state index < -0.39 is 64.0 Å². The molecule has 13 heteroatoms. The number of carbonyl (C=O) groups excluding carboxylic acids is 2. The molecular formula is C40H77O12P. The molecule has 314 valence electrons. The summed E-state index contributed by atoms with van der Waals surface area (Å²) in [5, 5.41) is 38.7. The topological polar surface area (TPSA) is 189 Å². The number of hydrogen-bond donors (Lipinski definition) is 5. The highest BCUT2D eigenvalue weighted by Crippen LogP contribution is 2.43. The molecule has 0 radical (unpaired) electrons. The van der Waals surface area contributed by atoms with Crippen molar-refractivity contribution in [1.29, 1.82) is 0 Å². The van der Waals surface area contributed by atoms with E-state index in [9.17, 15) is 34.4 Å². The number of esters is 2. The molecule has 0 aliphatic carbocycles. The van der Waals surface area contributed by atoms with Gasteiger partial charge in [0.1, 0.15) is 12.7 Å². The number of phosphoric ester groups is 1. The number of unbranched alkanes of at least 4 members (excludes halogenated alkanes) is 16. The highest BCUT2D eigenvalue weighted by Gasteiger charge is 2.27. The normalized spacial score (nSPS) is 15.3. The zero-order chi connectivity index (χ0) is 39.6. The van der Waals surface area contributed by atoms with Crippen LogP contribution in [-0.2, 0) is 32.7 Å². The van der Waals surface area contributed by atoms with Crippen molar-refractivity contribution < 1.29 is 58.0 Å². The Labute approximate surface area is 321 Å². The lowest BCUT2D eigenvalue weighted by atomic mass is 10.0. The molecule has 1 unspecified atom stereocenters. The van der Waals surface area contributed by atoms with E-state index in [0.717, 1.165) is 63.7 Å². The molecule has 0 saturated carbocycles. The van der Waals surface area contributed by atoms with Crippen molar-refractivity contribution in [1.82, 2.24) is 0 Å². The molecule has 0 amide bonds. The summed E-state index contributed by atoms with van der Waals surface area (Å²) < 4.78 is 32.6. The molecule has 0 fully saturated rings. The number of phosphoric acid groups is 1. The standard InChI is InChI=1S/C40H77O12P/c1-4-5-6-7-16-21-26-37(43)38(44)27-22-17-14-19-23-28-39(45)49-32-36(33-51-53(47,48)50-31-35(42)30-41)52-40(46)29-24-18-13-11-9-8-10-12-15-20-25-34(2)3/h16,21,34-38,41-44H,4-15,17-20,22-33H2,1-3H3,(H,47,48)/b21-16-/t35-,36+,37+,38+/m0/s1. The molecule has 0 aliphatic rings. The zero-order valence-electron chi connectivity index (χ0n) is 33.4. The Balaban J connectivity index is 4.43. The van der Waals surface area contributed by atoms with Crippen molar-refractivity contribution in [2.75, 3.05) is 26.4 Å². The highest BCUT2D eigenvalue weighted by atomic mass is 31.2. The summed E-state index contributed by atoms with van der Waals surface area (Å²) in [6, 6.07) is 0. The van der Waals surface area contributed by atoms with Gasteiger partial charge in [-0.05, 0) is 44.4 Å². The Bertz CT molecular complexity index is 947. The van der Waals surface area contributed by atoms with Crippen LogP contribution in [0.2, 0.25) is 0 Å². The van der Waals surface area contributed by atoms with Gasteiger partial charge in [-0.1, -0.05) is 136 Å². The van der Waals surface area contributed by atoms with Gasteiger partial charge in [-0.25, -0.2) is 4.57 Å². The maximum Gasteiger partial charge on any atom is 0.472 e. The van der Waals surface area contributed by atoms with E-state index in [0.29, 0.717) is 25.7 Å². The van der Waals surface area contributed by atoms with Crippen LogP contribution in [0.3, 0.4) is 0 Å². The minimum absolute atomic E-state index is 0.145. The monoisotopic (exact) mass is 781 g/mol. The van der Waals surface area contributed by atoms with E-state index in [-0.39, 0.29) is 19.4 Å². The van der Waals surface area contributed by atoms with Crippen molar-refractivity contribution in [2.24, 2.45) is 5.92 Å². The first-order valence-electron chi connectivity index (χ1n) is 20.7. The molecule has 0 saturated heterocycles. The van der Waals surface area contributed by atoms with Gasteiger partial charge in [-0.2, -0.15) is 0 Å². The lowest BCUT2D eigenvalue weighted by molar-refractivity contribution is -0.161. The molecule has 5 atom stereocenters. The Morgan fingerprint density at radius 3 is 1.74 bits per heavy atom. The molecule has 0 aromatic rings. The number of ether oxygens (including phenoxy) is 2. The van der Waals surface area contributed by atoms with Crippen LogP contribution in [0.15, 0.2) is 12.2 Å². The predicted molar refractivity (Wildman–Crippen MR) is 208 cm³/mol. The van der Waals surface area contributed by atoms with Crippen molar-refractivity contribution in [3.8, 4) is 0 Å². The second-order valence-electron chi connectivity index (χ2n) is 14.8. The van der Waals surface area contributed by atoms with Gasteiger partial charge in [0.15, 0.2) is 6.10 Å². The number of allylic oxidation sites excluding steroid dienone is 1. The third kappa shape index (κ3) is 34.8. The second-order valence-corrected chi connectivity index (χ2v) is 16.3. The van der Waals surface area contributed by atoms with Crippen molar-refractivity contribution >= 4 is 19.8 Å². The van der Waals surface area contributed by atoms with Crippen LogP contribution in [0.25, 0.3) is 0 Å². The third-order valence-electron chi connectivity index (χ3n) is 9.05. The highest BCUT2D eigenvalue weighted by molar-refractivity contribution is 7.47. The van der Waals surface area contributed by atoms with Crippen LogP contribution in [0.1, 0.15) is 175 Å². The molecule has 0 rings (SSSR count). The fraction of sp³-hybridized carbons (Fsp3) is 0.900. The van der Waals surface area contributed by atoms with Gasteiger partial charge in [-0.15, -0.1) is 0 Å². The van der Waals surface area contributed by atoms with E-state index in [2.05, 4.69) is 31.4 Å². The van der Waals surface area contributed by atoms with Gasteiger partial charge < -0.3 is 34.8 Å². The molecular weight excluding hydrogens is 703 g/mol. The van der Waals surface area contributed by atoms with Gasteiger partial charge in [0.25, 0.3) is 0 Å². The first-order valence-corrected chi connectivity index (χ1v) is 22.2. The summed E-state index contributed by atoms with van der Waals surface area (Å²) in [6.45, 7) is 4.44. The van der Waals surface area contributed by atoms with Gasteiger partial charge in [0.05, 0.1) is 32.0 Å². The maximum atomic E-state index is 12.6. The summed E-state index contributed by atoms with van der Waals surface area (Å²) >= 11 is 0. The molecule has 0 heterocycles.